The maximum Gasteiger partial charge on any atom is 0.00103 e. The monoisotopic (exact) mass is 285 g/mol. The van der Waals surface area contributed by atoms with Crippen LogP contribution in [-0.2, 0) is 0 Å². The number of nitrogens with one attached hydrogen (secondary N) is 1. The summed E-state index contributed by atoms with van der Waals surface area (Å²) < 4.78 is 0. The number of hydrogen-bond donors (Lipinski definition) is 1. The van der Waals surface area contributed by atoms with Crippen LogP contribution in [0, 0.1) is 0 Å². The molecule has 1 N–H and O–H groups in total. The Morgan fingerprint density at radius 2 is 0.950 bits per heavy atom. The summed E-state index contributed by atoms with van der Waals surface area (Å²) in [5.41, 5.74) is 0. The molecule has 0 aliphatic heterocycles. The molecule has 0 amide bonds. The lowest BCUT2D eigenvalue weighted by Gasteiger charge is -2.07. The quantitative estimate of drug-likeness (QED) is 0.350. The minimum absolute atomic E-state index is 0.651. The Morgan fingerprint density at radius 3 is 1.30 bits per heavy atom. The summed E-state index contributed by atoms with van der Waals surface area (Å²) in [6.07, 6.45) is 17.3. The van der Waals surface area contributed by atoms with E-state index in [1.54, 1.807) is 0 Å². The molecule has 0 atom stereocenters. The predicted octanol–water partition coefficient (Wildman–Crippen LogP) is 6.71. The molecule has 0 radical (unpaired) electrons. The maximum atomic E-state index is 3.48. The third kappa shape index (κ3) is 23.1. The van der Waals surface area contributed by atoms with Gasteiger partial charge in [0, 0.05) is 6.04 Å². The first-order valence-electron chi connectivity index (χ1n) is 9.50. The minimum atomic E-state index is 0.651. The van der Waals surface area contributed by atoms with Gasteiger partial charge in [-0.3, -0.25) is 0 Å². The van der Waals surface area contributed by atoms with Crippen LogP contribution in [0.4, 0.5) is 0 Å². The van der Waals surface area contributed by atoms with Gasteiger partial charge in [-0.05, 0) is 13.0 Å². The van der Waals surface area contributed by atoms with E-state index in [0.29, 0.717) is 6.04 Å². The van der Waals surface area contributed by atoms with Crippen LogP contribution >= 0.6 is 0 Å². The molecule has 0 saturated carbocycles. The lowest BCUT2D eigenvalue weighted by atomic mass is 10.1. The van der Waals surface area contributed by atoms with Crippen LogP contribution in [0.5, 0.6) is 0 Å². The SMILES string of the molecule is CC.CCCCCCCCCCCCCCNC(C)C. The molecule has 1 nitrogen and oxygen atoms in total. The van der Waals surface area contributed by atoms with Crippen LogP contribution in [0.25, 0.3) is 0 Å². The molecule has 0 rings (SSSR count). The van der Waals surface area contributed by atoms with Gasteiger partial charge < -0.3 is 5.32 Å². The lowest BCUT2D eigenvalue weighted by Crippen LogP contribution is -2.23. The largest absolute Gasteiger partial charge is 0.315 e. The van der Waals surface area contributed by atoms with Gasteiger partial charge in [0.2, 0.25) is 0 Å². The van der Waals surface area contributed by atoms with E-state index < -0.39 is 0 Å². The molecule has 0 saturated heterocycles. The Bertz CT molecular complexity index is 143. The number of rotatable bonds is 14. The standard InChI is InChI=1S/C17H37N.C2H6/c1-4-5-6-7-8-9-10-11-12-13-14-15-16-18-17(2)3;1-2/h17-18H,4-16H2,1-3H3;1-2H3. The summed E-state index contributed by atoms with van der Waals surface area (Å²) >= 11 is 0. The predicted molar refractivity (Wildman–Crippen MR) is 95.6 cm³/mol. The van der Waals surface area contributed by atoms with Gasteiger partial charge in [-0.15, -0.1) is 0 Å². The van der Waals surface area contributed by atoms with Gasteiger partial charge in [-0.25, -0.2) is 0 Å². The van der Waals surface area contributed by atoms with Crippen LogP contribution in [0.1, 0.15) is 112 Å². The molecule has 124 valence electrons. The zero-order chi connectivity index (χ0) is 15.5. The van der Waals surface area contributed by atoms with E-state index in [-0.39, 0.29) is 0 Å². The fraction of sp³-hybridized carbons (Fsp3) is 1.00. The molecule has 0 aromatic heterocycles. The van der Waals surface area contributed by atoms with E-state index in [1.807, 2.05) is 13.8 Å². The van der Waals surface area contributed by atoms with Crippen LogP contribution < -0.4 is 5.32 Å². The van der Waals surface area contributed by atoms with Gasteiger partial charge in [0.25, 0.3) is 0 Å². The molecule has 0 unspecified atom stereocenters. The lowest BCUT2D eigenvalue weighted by molar-refractivity contribution is 0.520. The van der Waals surface area contributed by atoms with Gasteiger partial charge in [-0.2, -0.15) is 0 Å². The van der Waals surface area contributed by atoms with E-state index in [9.17, 15) is 0 Å². The molecule has 0 aliphatic rings. The summed E-state index contributed by atoms with van der Waals surface area (Å²) in [5.74, 6) is 0. The molecule has 20 heavy (non-hydrogen) atoms. The molecule has 0 spiro atoms. The zero-order valence-corrected chi connectivity index (χ0v) is 15.3. The smallest absolute Gasteiger partial charge is 0.00103 e. The Morgan fingerprint density at radius 1 is 0.600 bits per heavy atom. The fourth-order valence-corrected chi connectivity index (χ4v) is 2.36. The van der Waals surface area contributed by atoms with E-state index >= 15 is 0 Å². The van der Waals surface area contributed by atoms with Crippen molar-refractivity contribution < 1.29 is 0 Å². The van der Waals surface area contributed by atoms with Crippen LogP contribution in [-0.4, -0.2) is 12.6 Å². The highest BCUT2D eigenvalue weighted by Gasteiger charge is 1.94. The molecule has 0 aromatic carbocycles. The number of unbranched alkanes of at least 4 members (excludes halogenated alkanes) is 11. The van der Waals surface area contributed by atoms with E-state index in [2.05, 4.69) is 26.1 Å². The Hall–Kier alpha value is -0.0400. The normalized spacial score (nSPS) is 10.5. The van der Waals surface area contributed by atoms with Gasteiger partial charge >= 0.3 is 0 Å². The van der Waals surface area contributed by atoms with E-state index in [4.69, 9.17) is 0 Å². The highest BCUT2D eigenvalue weighted by molar-refractivity contribution is 4.53. The Balaban J connectivity index is 0. The van der Waals surface area contributed by atoms with Gasteiger partial charge in [0.05, 0.1) is 0 Å². The first-order valence-corrected chi connectivity index (χ1v) is 9.50. The van der Waals surface area contributed by atoms with Crippen molar-refractivity contribution >= 4 is 0 Å². The topological polar surface area (TPSA) is 12.0 Å². The van der Waals surface area contributed by atoms with Gasteiger partial charge in [0.15, 0.2) is 0 Å². The third-order valence-electron chi connectivity index (χ3n) is 3.58. The van der Waals surface area contributed by atoms with Crippen molar-refractivity contribution in [2.24, 2.45) is 0 Å². The Labute approximate surface area is 130 Å². The zero-order valence-electron chi connectivity index (χ0n) is 15.3. The van der Waals surface area contributed by atoms with E-state index in [1.165, 1.54) is 83.6 Å². The molecule has 0 fully saturated rings. The fourth-order valence-electron chi connectivity index (χ4n) is 2.36. The van der Waals surface area contributed by atoms with Gasteiger partial charge in [0.1, 0.15) is 0 Å². The summed E-state index contributed by atoms with van der Waals surface area (Å²) in [6.45, 7) is 11.9. The molecular weight excluding hydrogens is 242 g/mol. The minimum Gasteiger partial charge on any atom is -0.315 e. The van der Waals surface area contributed by atoms with Crippen molar-refractivity contribution in [3.63, 3.8) is 0 Å². The molecular formula is C19H43N. The van der Waals surface area contributed by atoms with Crippen molar-refractivity contribution in [1.29, 1.82) is 0 Å². The summed E-state index contributed by atoms with van der Waals surface area (Å²) in [7, 11) is 0. The van der Waals surface area contributed by atoms with Gasteiger partial charge in [-0.1, -0.05) is 105 Å². The average molecular weight is 286 g/mol. The van der Waals surface area contributed by atoms with Crippen molar-refractivity contribution in [2.45, 2.75) is 118 Å². The first kappa shape index (κ1) is 22.2. The number of hydrogen-bond acceptors (Lipinski definition) is 1. The highest BCUT2D eigenvalue weighted by Crippen LogP contribution is 2.11. The highest BCUT2D eigenvalue weighted by atomic mass is 14.9. The third-order valence-corrected chi connectivity index (χ3v) is 3.58. The summed E-state index contributed by atoms with van der Waals surface area (Å²) in [5, 5.41) is 3.48. The second kappa shape index (κ2) is 21.3. The summed E-state index contributed by atoms with van der Waals surface area (Å²) in [6, 6.07) is 0.651. The maximum absolute atomic E-state index is 3.48. The molecule has 1 heteroatoms. The van der Waals surface area contributed by atoms with E-state index in [0.717, 1.165) is 0 Å². The first-order chi connectivity index (χ1) is 9.77. The second-order valence-electron chi connectivity index (χ2n) is 6.00. The van der Waals surface area contributed by atoms with Crippen LogP contribution in [0.15, 0.2) is 0 Å². The Kier molecular flexibility index (Phi) is 23.6. The summed E-state index contributed by atoms with van der Waals surface area (Å²) in [4.78, 5) is 0. The van der Waals surface area contributed by atoms with Crippen molar-refractivity contribution in [1.82, 2.24) is 5.32 Å². The second-order valence-corrected chi connectivity index (χ2v) is 6.00. The van der Waals surface area contributed by atoms with Crippen molar-refractivity contribution in [2.75, 3.05) is 6.54 Å². The van der Waals surface area contributed by atoms with Crippen molar-refractivity contribution in [3.8, 4) is 0 Å². The molecule has 0 bridgehead atoms. The van der Waals surface area contributed by atoms with Crippen LogP contribution in [0.3, 0.4) is 0 Å². The molecule has 0 aliphatic carbocycles. The average Bonchev–Trinajstić information content (AvgIpc) is 2.46. The molecule has 0 aromatic rings. The van der Waals surface area contributed by atoms with Crippen molar-refractivity contribution in [3.05, 3.63) is 0 Å². The molecule has 0 heterocycles. The van der Waals surface area contributed by atoms with Crippen LogP contribution in [0.2, 0.25) is 0 Å².